The van der Waals surface area contributed by atoms with Gasteiger partial charge < -0.3 is 15.8 Å². The minimum Gasteiger partial charge on any atom is -0.481 e. The summed E-state index contributed by atoms with van der Waals surface area (Å²) >= 11 is 0. The van der Waals surface area contributed by atoms with Crippen LogP contribution in [0.4, 0.5) is 5.82 Å². The van der Waals surface area contributed by atoms with Crippen LogP contribution in [-0.4, -0.2) is 24.2 Å². The van der Waals surface area contributed by atoms with Crippen molar-refractivity contribution in [2.75, 3.05) is 19.0 Å². The molecule has 1 fully saturated rings. The fourth-order valence-electron chi connectivity index (χ4n) is 1.70. The molecule has 1 heterocycles. The Morgan fingerprint density at radius 1 is 1.53 bits per heavy atom. The van der Waals surface area contributed by atoms with Crippen molar-refractivity contribution in [2.45, 2.75) is 24.8 Å². The first-order valence-electron chi connectivity index (χ1n) is 5.26. The highest BCUT2D eigenvalue weighted by Gasteiger charge is 2.32. The Morgan fingerprint density at radius 2 is 2.33 bits per heavy atom. The van der Waals surface area contributed by atoms with E-state index in [4.69, 9.17) is 10.5 Å². The number of pyridine rings is 1. The Morgan fingerprint density at radius 3 is 2.93 bits per heavy atom. The minimum atomic E-state index is -0.0231. The maximum Gasteiger partial charge on any atom is 0.214 e. The van der Waals surface area contributed by atoms with E-state index in [0.29, 0.717) is 5.88 Å². The van der Waals surface area contributed by atoms with E-state index in [1.54, 1.807) is 7.11 Å². The van der Waals surface area contributed by atoms with Crippen molar-refractivity contribution >= 4 is 5.82 Å². The molecule has 15 heavy (non-hydrogen) atoms. The topological polar surface area (TPSA) is 60.2 Å². The van der Waals surface area contributed by atoms with Crippen molar-refractivity contribution in [1.29, 1.82) is 0 Å². The first-order valence-corrected chi connectivity index (χ1v) is 5.26. The monoisotopic (exact) mass is 207 g/mol. The van der Waals surface area contributed by atoms with Crippen LogP contribution in [-0.2, 0) is 0 Å². The van der Waals surface area contributed by atoms with Crippen molar-refractivity contribution in [3.8, 4) is 5.88 Å². The Hall–Kier alpha value is -1.29. The number of aromatic nitrogens is 1. The Balaban J connectivity index is 1.92. The third-order valence-electron chi connectivity index (χ3n) is 2.90. The maximum absolute atomic E-state index is 6.10. The number of methoxy groups -OCH3 is 1. The van der Waals surface area contributed by atoms with Gasteiger partial charge in [0.2, 0.25) is 5.88 Å². The number of hydrogen-bond acceptors (Lipinski definition) is 4. The van der Waals surface area contributed by atoms with Gasteiger partial charge in [-0.25, -0.2) is 0 Å². The zero-order valence-corrected chi connectivity index (χ0v) is 8.99. The van der Waals surface area contributed by atoms with Crippen molar-refractivity contribution in [1.82, 2.24) is 4.98 Å². The van der Waals surface area contributed by atoms with Crippen LogP contribution in [0.2, 0.25) is 0 Å². The molecular formula is C11H17N3O. The SMILES string of the molecule is COc1cccc(NCC2(N)CCC2)n1. The lowest BCUT2D eigenvalue weighted by atomic mass is 9.78. The fourth-order valence-corrected chi connectivity index (χ4v) is 1.70. The lowest BCUT2D eigenvalue weighted by Crippen LogP contribution is -2.52. The molecule has 0 aliphatic heterocycles. The van der Waals surface area contributed by atoms with Crippen LogP contribution in [0.1, 0.15) is 19.3 Å². The molecule has 1 aromatic heterocycles. The predicted molar refractivity (Wildman–Crippen MR) is 60.0 cm³/mol. The minimum absolute atomic E-state index is 0.0231. The molecule has 1 saturated carbocycles. The lowest BCUT2D eigenvalue weighted by Gasteiger charge is -2.38. The molecule has 0 atom stereocenters. The van der Waals surface area contributed by atoms with Crippen LogP contribution in [0.3, 0.4) is 0 Å². The largest absolute Gasteiger partial charge is 0.481 e. The first-order chi connectivity index (χ1) is 7.22. The second-order valence-corrected chi connectivity index (χ2v) is 4.13. The third kappa shape index (κ3) is 2.39. The molecule has 82 valence electrons. The molecule has 4 heteroatoms. The van der Waals surface area contributed by atoms with Crippen molar-refractivity contribution < 1.29 is 4.74 Å². The molecular weight excluding hydrogens is 190 g/mol. The zero-order chi connectivity index (χ0) is 10.7. The van der Waals surface area contributed by atoms with Gasteiger partial charge in [0.25, 0.3) is 0 Å². The van der Waals surface area contributed by atoms with Gasteiger partial charge in [-0.3, -0.25) is 0 Å². The molecule has 3 N–H and O–H groups in total. The Bertz CT molecular complexity index is 336. The number of nitrogens with zero attached hydrogens (tertiary/aromatic N) is 1. The van der Waals surface area contributed by atoms with E-state index < -0.39 is 0 Å². The molecule has 1 aliphatic carbocycles. The molecule has 0 aromatic carbocycles. The second-order valence-electron chi connectivity index (χ2n) is 4.13. The molecule has 0 spiro atoms. The highest BCUT2D eigenvalue weighted by molar-refractivity contribution is 5.37. The Labute approximate surface area is 89.8 Å². The number of nitrogens with two attached hydrogens (primary N) is 1. The van der Waals surface area contributed by atoms with E-state index in [2.05, 4.69) is 10.3 Å². The Kier molecular flexibility index (Phi) is 2.77. The van der Waals surface area contributed by atoms with E-state index in [1.165, 1.54) is 6.42 Å². The van der Waals surface area contributed by atoms with Gasteiger partial charge in [-0.15, -0.1) is 0 Å². The van der Waals surface area contributed by atoms with Gasteiger partial charge in [-0.05, 0) is 25.3 Å². The molecule has 2 rings (SSSR count). The van der Waals surface area contributed by atoms with Gasteiger partial charge in [0.05, 0.1) is 7.11 Å². The summed E-state index contributed by atoms with van der Waals surface area (Å²) in [5.74, 6) is 1.45. The summed E-state index contributed by atoms with van der Waals surface area (Å²) in [4.78, 5) is 4.26. The van der Waals surface area contributed by atoms with E-state index >= 15 is 0 Å². The van der Waals surface area contributed by atoms with Gasteiger partial charge in [0.1, 0.15) is 5.82 Å². The zero-order valence-electron chi connectivity index (χ0n) is 8.99. The van der Waals surface area contributed by atoms with Gasteiger partial charge in [-0.2, -0.15) is 4.98 Å². The summed E-state index contributed by atoms with van der Waals surface area (Å²) in [6.45, 7) is 0.785. The van der Waals surface area contributed by atoms with Crippen LogP contribution in [0.15, 0.2) is 18.2 Å². The van der Waals surface area contributed by atoms with Crippen molar-refractivity contribution in [3.05, 3.63) is 18.2 Å². The molecule has 0 radical (unpaired) electrons. The highest BCUT2D eigenvalue weighted by Crippen LogP contribution is 2.29. The summed E-state index contributed by atoms with van der Waals surface area (Å²) in [5.41, 5.74) is 6.08. The summed E-state index contributed by atoms with van der Waals surface area (Å²) < 4.78 is 5.04. The van der Waals surface area contributed by atoms with Gasteiger partial charge >= 0.3 is 0 Å². The maximum atomic E-state index is 6.10. The molecule has 1 aromatic rings. The molecule has 4 nitrogen and oxygen atoms in total. The standard InChI is InChI=1S/C11H17N3O/c1-15-10-5-2-4-9(14-10)13-8-11(12)6-3-7-11/h2,4-5H,3,6-8,12H2,1H3,(H,13,14). The van der Waals surface area contributed by atoms with E-state index in [0.717, 1.165) is 25.2 Å². The summed E-state index contributed by atoms with van der Waals surface area (Å²) in [6.07, 6.45) is 3.44. The van der Waals surface area contributed by atoms with Crippen LogP contribution < -0.4 is 15.8 Å². The van der Waals surface area contributed by atoms with E-state index in [-0.39, 0.29) is 5.54 Å². The van der Waals surface area contributed by atoms with Crippen molar-refractivity contribution in [3.63, 3.8) is 0 Å². The number of rotatable bonds is 4. The molecule has 0 bridgehead atoms. The highest BCUT2D eigenvalue weighted by atomic mass is 16.5. The number of hydrogen-bond donors (Lipinski definition) is 2. The average Bonchev–Trinajstić information content (AvgIpc) is 2.24. The lowest BCUT2D eigenvalue weighted by molar-refractivity contribution is 0.265. The normalized spacial score (nSPS) is 18.0. The summed E-state index contributed by atoms with van der Waals surface area (Å²) in [5, 5.41) is 3.25. The van der Waals surface area contributed by atoms with Crippen LogP contribution >= 0.6 is 0 Å². The van der Waals surface area contributed by atoms with Crippen molar-refractivity contribution in [2.24, 2.45) is 5.73 Å². The van der Waals surface area contributed by atoms with Gasteiger partial charge in [0, 0.05) is 18.2 Å². The first kappa shape index (κ1) is 10.2. The van der Waals surface area contributed by atoms with E-state index in [9.17, 15) is 0 Å². The number of ether oxygens (including phenoxy) is 1. The van der Waals surface area contributed by atoms with Crippen LogP contribution in [0, 0.1) is 0 Å². The molecule has 0 amide bonds. The quantitative estimate of drug-likeness (QED) is 0.783. The molecule has 0 unspecified atom stereocenters. The summed E-state index contributed by atoms with van der Waals surface area (Å²) in [6, 6.07) is 5.66. The molecule has 0 saturated heterocycles. The second kappa shape index (κ2) is 4.06. The molecule has 1 aliphatic rings. The third-order valence-corrected chi connectivity index (χ3v) is 2.90. The predicted octanol–water partition coefficient (Wildman–Crippen LogP) is 1.38. The summed E-state index contributed by atoms with van der Waals surface area (Å²) in [7, 11) is 1.61. The number of nitrogens with one attached hydrogen (secondary N) is 1. The van der Waals surface area contributed by atoms with Crippen LogP contribution in [0.5, 0.6) is 5.88 Å². The number of anilines is 1. The van der Waals surface area contributed by atoms with E-state index in [1.807, 2.05) is 18.2 Å². The van der Waals surface area contributed by atoms with Crippen LogP contribution in [0.25, 0.3) is 0 Å². The van der Waals surface area contributed by atoms with Gasteiger partial charge in [-0.1, -0.05) is 6.07 Å². The average molecular weight is 207 g/mol. The fraction of sp³-hybridized carbons (Fsp3) is 0.545. The van der Waals surface area contributed by atoms with Gasteiger partial charge in [0.15, 0.2) is 0 Å². The smallest absolute Gasteiger partial charge is 0.214 e.